The van der Waals surface area contributed by atoms with Crippen molar-refractivity contribution in [3.63, 3.8) is 0 Å². The van der Waals surface area contributed by atoms with Crippen LogP contribution in [0.3, 0.4) is 0 Å². The van der Waals surface area contributed by atoms with Crippen LogP contribution in [0.2, 0.25) is 5.02 Å². The van der Waals surface area contributed by atoms with Gasteiger partial charge in [-0.2, -0.15) is 5.10 Å². The van der Waals surface area contributed by atoms with Gasteiger partial charge in [0, 0.05) is 29.2 Å². The number of ether oxygens (including phenoxy) is 1. The summed E-state index contributed by atoms with van der Waals surface area (Å²) >= 11 is 6.08. The first-order valence-electron chi connectivity index (χ1n) is 11.5. The Morgan fingerprint density at radius 1 is 1.08 bits per heavy atom. The fourth-order valence-corrected chi connectivity index (χ4v) is 4.32. The van der Waals surface area contributed by atoms with Gasteiger partial charge in [-0.15, -0.1) is 0 Å². The van der Waals surface area contributed by atoms with E-state index in [0.717, 1.165) is 22.0 Å². The summed E-state index contributed by atoms with van der Waals surface area (Å²) in [5, 5.41) is 11.4. The van der Waals surface area contributed by atoms with Crippen LogP contribution in [0.25, 0.3) is 10.9 Å². The van der Waals surface area contributed by atoms with E-state index in [2.05, 4.69) is 15.5 Å². The average molecular weight is 506 g/mol. The first kappa shape index (κ1) is 23.8. The van der Waals surface area contributed by atoms with Gasteiger partial charge in [0.1, 0.15) is 6.61 Å². The molecule has 2 N–H and O–H groups in total. The van der Waals surface area contributed by atoms with E-state index in [1.54, 1.807) is 33.9 Å². The normalized spacial score (nSPS) is 15.9. The molecule has 0 spiro atoms. The standard InChI is InChI=1S/C26H24ClN5O4/c27-19-8-9-21-20(11-19)22(30-29-21)12-28-26(35)23-15-32(25(34)16-36-23)14-18-6-4-17(5-7-18)13-31-10-2-1-3-24(31)33/h1-11,23H,12-16H2,(H,28,35)(H,29,30). The van der Waals surface area contributed by atoms with Gasteiger partial charge in [0.15, 0.2) is 6.10 Å². The number of nitrogens with one attached hydrogen (secondary N) is 2. The highest BCUT2D eigenvalue weighted by Crippen LogP contribution is 2.21. The molecule has 2 aromatic heterocycles. The highest BCUT2D eigenvalue weighted by Gasteiger charge is 2.31. The number of pyridine rings is 1. The average Bonchev–Trinajstić information content (AvgIpc) is 3.28. The molecule has 4 aromatic rings. The van der Waals surface area contributed by atoms with Gasteiger partial charge in [-0.05, 0) is 35.4 Å². The summed E-state index contributed by atoms with van der Waals surface area (Å²) in [6.07, 6.45) is 0.970. The maximum Gasteiger partial charge on any atom is 0.251 e. The second-order valence-electron chi connectivity index (χ2n) is 8.64. The maximum atomic E-state index is 12.8. The molecule has 1 aliphatic heterocycles. The third-order valence-corrected chi connectivity index (χ3v) is 6.36. The monoisotopic (exact) mass is 505 g/mol. The molecular formula is C26H24ClN5O4. The van der Waals surface area contributed by atoms with E-state index in [-0.39, 0.29) is 37.1 Å². The lowest BCUT2D eigenvalue weighted by molar-refractivity contribution is -0.156. The summed E-state index contributed by atoms with van der Waals surface area (Å²) in [4.78, 5) is 38.8. The van der Waals surface area contributed by atoms with Crippen molar-refractivity contribution in [1.82, 2.24) is 25.0 Å². The molecule has 1 fully saturated rings. The second kappa shape index (κ2) is 10.3. The minimum absolute atomic E-state index is 0.0610. The Bertz CT molecular complexity index is 1460. The topological polar surface area (TPSA) is 109 Å². The third-order valence-electron chi connectivity index (χ3n) is 6.12. The van der Waals surface area contributed by atoms with Crippen molar-refractivity contribution in [2.45, 2.75) is 25.7 Å². The van der Waals surface area contributed by atoms with E-state index < -0.39 is 6.10 Å². The van der Waals surface area contributed by atoms with Crippen molar-refractivity contribution < 1.29 is 14.3 Å². The molecule has 0 aliphatic carbocycles. The van der Waals surface area contributed by atoms with E-state index in [9.17, 15) is 14.4 Å². The molecule has 0 bridgehead atoms. The van der Waals surface area contributed by atoms with E-state index in [1.807, 2.05) is 36.4 Å². The van der Waals surface area contributed by atoms with Crippen LogP contribution < -0.4 is 10.9 Å². The Labute approximate surface area is 211 Å². The minimum Gasteiger partial charge on any atom is -0.357 e. The number of amides is 2. The zero-order valence-corrected chi connectivity index (χ0v) is 20.1. The van der Waals surface area contributed by atoms with Gasteiger partial charge in [0.05, 0.1) is 30.8 Å². The highest BCUT2D eigenvalue weighted by molar-refractivity contribution is 6.31. The number of aromatic nitrogens is 3. The molecule has 9 nitrogen and oxygen atoms in total. The highest BCUT2D eigenvalue weighted by atomic mass is 35.5. The van der Waals surface area contributed by atoms with Gasteiger partial charge >= 0.3 is 0 Å². The quantitative estimate of drug-likeness (QED) is 0.401. The molecular weight excluding hydrogens is 482 g/mol. The summed E-state index contributed by atoms with van der Waals surface area (Å²) in [6.45, 7) is 1.03. The number of rotatable bonds is 7. The van der Waals surface area contributed by atoms with Crippen molar-refractivity contribution >= 4 is 34.3 Å². The predicted molar refractivity (Wildman–Crippen MR) is 134 cm³/mol. The number of nitrogens with zero attached hydrogens (tertiary/aromatic N) is 3. The number of H-pyrrole nitrogens is 1. The predicted octanol–water partition coefficient (Wildman–Crippen LogP) is 2.47. The molecule has 36 heavy (non-hydrogen) atoms. The molecule has 2 aromatic carbocycles. The molecule has 1 saturated heterocycles. The molecule has 2 amide bonds. The zero-order chi connectivity index (χ0) is 25.1. The Balaban J connectivity index is 1.18. The van der Waals surface area contributed by atoms with Crippen molar-refractivity contribution in [3.05, 3.63) is 99.1 Å². The first-order valence-corrected chi connectivity index (χ1v) is 11.9. The lowest BCUT2D eigenvalue weighted by atomic mass is 10.1. The first-order chi connectivity index (χ1) is 17.5. The lowest BCUT2D eigenvalue weighted by Gasteiger charge is -2.32. The number of carbonyl (C=O) groups excluding carboxylic acids is 2. The third kappa shape index (κ3) is 5.32. The van der Waals surface area contributed by atoms with Crippen LogP contribution in [0.4, 0.5) is 0 Å². The number of aromatic amines is 1. The van der Waals surface area contributed by atoms with E-state index in [1.165, 1.54) is 6.07 Å². The van der Waals surface area contributed by atoms with E-state index >= 15 is 0 Å². The van der Waals surface area contributed by atoms with Crippen LogP contribution in [-0.4, -0.2) is 50.7 Å². The number of hydrogen-bond donors (Lipinski definition) is 2. The van der Waals surface area contributed by atoms with Gasteiger partial charge < -0.3 is 19.5 Å². The molecule has 0 saturated carbocycles. The fraction of sp³-hybridized carbons (Fsp3) is 0.231. The Morgan fingerprint density at radius 3 is 2.64 bits per heavy atom. The molecule has 184 valence electrons. The number of carbonyl (C=O) groups is 2. The van der Waals surface area contributed by atoms with E-state index in [4.69, 9.17) is 16.3 Å². The van der Waals surface area contributed by atoms with Crippen molar-refractivity contribution in [2.24, 2.45) is 0 Å². The lowest BCUT2D eigenvalue weighted by Crippen LogP contribution is -2.51. The number of hydrogen-bond acceptors (Lipinski definition) is 5. The molecule has 3 heterocycles. The van der Waals surface area contributed by atoms with Crippen molar-refractivity contribution in [1.29, 1.82) is 0 Å². The van der Waals surface area contributed by atoms with Crippen molar-refractivity contribution in [3.8, 4) is 0 Å². The summed E-state index contributed by atoms with van der Waals surface area (Å²) in [6, 6.07) is 18.2. The van der Waals surface area contributed by atoms with Crippen LogP contribution in [-0.2, 0) is 34.0 Å². The van der Waals surface area contributed by atoms with Gasteiger partial charge in [-0.1, -0.05) is 41.9 Å². The number of morpholine rings is 1. The number of benzene rings is 2. The van der Waals surface area contributed by atoms with Crippen LogP contribution in [0, 0.1) is 0 Å². The Kier molecular flexibility index (Phi) is 6.84. The molecule has 10 heteroatoms. The number of fused-ring (bicyclic) bond motifs is 1. The summed E-state index contributed by atoms with van der Waals surface area (Å²) in [7, 11) is 0. The fourth-order valence-electron chi connectivity index (χ4n) is 4.15. The molecule has 0 radical (unpaired) electrons. The largest absolute Gasteiger partial charge is 0.357 e. The SMILES string of the molecule is O=C(NCc1n[nH]c2ccc(Cl)cc12)C1CN(Cc2ccc(Cn3ccccc3=O)cc2)C(=O)CO1. The van der Waals surface area contributed by atoms with Crippen LogP contribution in [0.5, 0.6) is 0 Å². The molecule has 1 atom stereocenters. The van der Waals surface area contributed by atoms with Crippen LogP contribution in [0.1, 0.15) is 16.8 Å². The van der Waals surface area contributed by atoms with Crippen LogP contribution >= 0.6 is 11.6 Å². The van der Waals surface area contributed by atoms with Crippen LogP contribution in [0.15, 0.2) is 71.7 Å². The van der Waals surface area contributed by atoms with Gasteiger partial charge in [-0.3, -0.25) is 19.5 Å². The minimum atomic E-state index is -0.777. The zero-order valence-electron chi connectivity index (χ0n) is 19.3. The maximum absolute atomic E-state index is 12.8. The summed E-state index contributed by atoms with van der Waals surface area (Å²) in [5.41, 5.74) is 3.34. The summed E-state index contributed by atoms with van der Waals surface area (Å²) in [5.74, 6) is -0.485. The molecule has 1 unspecified atom stereocenters. The number of halogens is 1. The summed E-state index contributed by atoms with van der Waals surface area (Å²) < 4.78 is 7.14. The smallest absolute Gasteiger partial charge is 0.251 e. The molecule has 1 aliphatic rings. The van der Waals surface area contributed by atoms with Gasteiger partial charge in [0.2, 0.25) is 5.91 Å². The van der Waals surface area contributed by atoms with E-state index in [0.29, 0.717) is 23.8 Å². The second-order valence-corrected chi connectivity index (χ2v) is 9.07. The Morgan fingerprint density at radius 2 is 1.86 bits per heavy atom. The Hall–Kier alpha value is -3.95. The van der Waals surface area contributed by atoms with Gasteiger partial charge in [-0.25, -0.2) is 0 Å². The van der Waals surface area contributed by atoms with Gasteiger partial charge in [0.25, 0.3) is 11.5 Å². The van der Waals surface area contributed by atoms with Crippen molar-refractivity contribution in [2.75, 3.05) is 13.2 Å². The molecule has 5 rings (SSSR count).